The van der Waals surface area contributed by atoms with E-state index in [1.807, 2.05) is 13.0 Å². The first-order chi connectivity index (χ1) is 9.16. The van der Waals surface area contributed by atoms with Gasteiger partial charge in [0, 0.05) is 25.3 Å². The number of hydrogen-bond donors (Lipinski definition) is 1. The van der Waals surface area contributed by atoms with Crippen molar-refractivity contribution < 1.29 is 14.3 Å². The summed E-state index contributed by atoms with van der Waals surface area (Å²) in [5.41, 5.74) is 7.68. The Balaban J connectivity index is 1.82. The molecule has 1 aromatic rings. The third-order valence-electron chi connectivity index (χ3n) is 3.17. The van der Waals surface area contributed by atoms with Gasteiger partial charge in [-0.2, -0.15) is 0 Å². The molecular formula is C14H20N2O3. The molecule has 0 spiro atoms. The first-order valence-corrected chi connectivity index (χ1v) is 6.50. The van der Waals surface area contributed by atoms with Gasteiger partial charge in [-0.1, -0.05) is 11.6 Å². The van der Waals surface area contributed by atoms with Crippen molar-refractivity contribution in [3.8, 4) is 0 Å². The summed E-state index contributed by atoms with van der Waals surface area (Å²) in [5.74, 6) is -0.352. The lowest BCUT2D eigenvalue weighted by Crippen LogP contribution is -2.38. The van der Waals surface area contributed by atoms with Crippen LogP contribution in [0.5, 0.6) is 0 Å². The van der Waals surface area contributed by atoms with Crippen molar-refractivity contribution >= 4 is 11.7 Å². The van der Waals surface area contributed by atoms with E-state index in [1.165, 1.54) is 0 Å². The van der Waals surface area contributed by atoms with Crippen LogP contribution >= 0.6 is 0 Å². The van der Waals surface area contributed by atoms with Gasteiger partial charge in [-0.25, -0.2) is 4.79 Å². The Hall–Kier alpha value is -1.59. The maximum Gasteiger partial charge on any atom is 0.340 e. The van der Waals surface area contributed by atoms with Gasteiger partial charge in [0.1, 0.15) is 6.61 Å². The monoisotopic (exact) mass is 264 g/mol. The molecule has 5 heteroatoms. The van der Waals surface area contributed by atoms with E-state index in [4.69, 9.17) is 15.2 Å². The number of carbonyl (C=O) groups is 1. The van der Waals surface area contributed by atoms with Crippen LogP contribution in [0.4, 0.5) is 5.69 Å². The van der Waals surface area contributed by atoms with Gasteiger partial charge in [0.25, 0.3) is 0 Å². The second-order valence-electron chi connectivity index (χ2n) is 4.68. The lowest BCUT2D eigenvalue weighted by molar-refractivity contribution is 0.0196. The molecule has 2 N–H and O–H groups in total. The molecule has 0 unspecified atom stereocenters. The molecule has 1 saturated heterocycles. The molecule has 0 bridgehead atoms. The Morgan fingerprint density at radius 1 is 1.42 bits per heavy atom. The van der Waals surface area contributed by atoms with Crippen molar-refractivity contribution in [2.24, 2.45) is 0 Å². The molecule has 19 heavy (non-hydrogen) atoms. The maximum absolute atomic E-state index is 11.9. The molecule has 0 atom stereocenters. The van der Waals surface area contributed by atoms with E-state index < -0.39 is 0 Å². The van der Waals surface area contributed by atoms with Crippen LogP contribution in [0.2, 0.25) is 0 Å². The number of anilines is 1. The summed E-state index contributed by atoms with van der Waals surface area (Å²) in [5, 5.41) is 0. The number of morpholine rings is 1. The first kappa shape index (κ1) is 13.8. The number of benzene rings is 1. The summed E-state index contributed by atoms with van der Waals surface area (Å²) in [6.07, 6.45) is 0. The van der Waals surface area contributed by atoms with E-state index in [9.17, 15) is 4.79 Å². The number of nitrogens with zero attached hydrogens (tertiary/aromatic N) is 1. The second-order valence-corrected chi connectivity index (χ2v) is 4.68. The minimum atomic E-state index is -0.352. The van der Waals surface area contributed by atoms with Gasteiger partial charge in [0.15, 0.2) is 0 Å². The molecular weight excluding hydrogens is 244 g/mol. The molecule has 1 aromatic carbocycles. The SMILES string of the molecule is Cc1ccc(N)c(C(=O)OCCN2CCOCC2)c1. The van der Waals surface area contributed by atoms with Gasteiger partial charge in [0.05, 0.1) is 18.8 Å². The predicted molar refractivity (Wildman–Crippen MR) is 73.1 cm³/mol. The Morgan fingerprint density at radius 3 is 2.89 bits per heavy atom. The molecule has 1 aliphatic rings. The Kier molecular flexibility index (Phi) is 4.76. The first-order valence-electron chi connectivity index (χ1n) is 6.50. The van der Waals surface area contributed by atoms with Crippen LogP contribution in [0.1, 0.15) is 15.9 Å². The van der Waals surface area contributed by atoms with Crippen LogP contribution in [0, 0.1) is 6.92 Å². The molecule has 1 fully saturated rings. The van der Waals surface area contributed by atoms with Crippen LogP contribution in [0.3, 0.4) is 0 Å². The van der Waals surface area contributed by atoms with Crippen molar-refractivity contribution in [2.75, 3.05) is 45.2 Å². The second kappa shape index (κ2) is 6.54. The average Bonchev–Trinajstić information content (AvgIpc) is 2.42. The molecule has 104 valence electrons. The maximum atomic E-state index is 11.9. The van der Waals surface area contributed by atoms with Gasteiger partial charge in [-0.05, 0) is 19.1 Å². The smallest absolute Gasteiger partial charge is 0.340 e. The van der Waals surface area contributed by atoms with Gasteiger partial charge in [0.2, 0.25) is 0 Å². The summed E-state index contributed by atoms with van der Waals surface area (Å²) >= 11 is 0. The molecule has 0 amide bonds. The van der Waals surface area contributed by atoms with Crippen molar-refractivity contribution in [3.63, 3.8) is 0 Å². The number of nitrogens with two attached hydrogens (primary N) is 1. The zero-order chi connectivity index (χ0) is 13.7. The lowest BCUT2D eigenvalue weighted by atomic mass is 10.1. The summed E-state index contributed by atoms with van der Waals surface area (Å²) < 4.78 is 10.5. The summed E-state index contributed by atoms with van der Waals surface area (Å²) in [4.78, 5) is 14.1. The van der Waals surface area contributed by atoms with Gasteiger partial charge < -0.3 is 15.2 Å². The number of esters is 1. The fourth-order valence-corrected chi connectivity index (χ4v) is 2.02. The third-order valence-corrected chi connectivity index (χ3v) is 3.17. The van der Waals surface area contributed by atoms with Gasteiger partial charge in [-0.3, -0.25) is 4.90 Å². The van der Waals surface area contributed by atoms with E-state index in [2.05, 4.69) is 4.90 Å². The summed E-state index contributed by atoms with van der Waals surface area (Å²) in [6.45, 7) is 6.32. The van der Waals surface area contributed by atoms with Crippen LogP contribution < -0.4 is 5.73 Å². The van der Waals surface area contributed by atoms with Crippen LogP contribution in [0.15, 0.2) is 18.2 Å². The van der Waals surface area contributed by atoms with Crippen LogP contribution in [-0.2, 0) is 9.47 Å². The molecule has 0 aromatic heterocycles. The quantitative estimate of drug-likeness (QED) is 0.651. The van der Waals surface area contributed by atoms with Gasteiger partial charge >= 0.3 is 5.97 Å². The fourth-order valence-electron chi connectivity index (χ4n) is 2.02. The topological polar surface area (TPSA) is 64.8 Å². The Labute approximate surface area is 113 Å². The largest absolute Gasteiger partial charge is 0.461 e. The van der Waals surface area contributed by atoms with E-state index in [0.717, 1.165) is 38.4 Å². The number of carbonyl (C=O) groups excluding carboxylic acids is 1. The fraction of sp³-hybridized carbons (Fsp3) is 0.500. The number of ether oxygens (including phenoxy) is 2. The van der Waals surface area contributed by atoms with Crippen molar-refractivity contribution in [1.82, 2.24) is 4.90 Å². The zero-order valence-corrected chi connectivity index (χ0v) is 11.2. The Bertz CT molecular complexity index is 442. The predicted octanol–water partition coefficient (Wildman–Crippen LogP) is 1.07. The van der Waals surface area contributed by atoms with E-state index in [0.29, 0.717) is 17.9 Å². The highest BCUT2D eigenvalue weighted by atomic mass is 16.5. The summed E-state index contributed by atoms with van der Waals surface area (Å²) in [6, 6.07) is 5.36. The zero-order valence-electron chi connectivity index (χ0n) is 11.2. The molecule has 0 saturated carbocycles. The van der Waals surface area contributed by atoms with Gasteiger partial charge in [-0.15, -0.1) is 0 Å². The summed E-state index contributed by atoms with van der Waals surface area (Å²) in [7, 11) is 0. The molecule has 1 aliphatic heterocycles. The van der Waals surface area contributed by atoms with Crippen LogP contribution in [0.25, 0.3) is 0 Å². The van der Waals surface area contributed by atoms with Crippen LogP contribution in [-0.4, -0.2) is 50.3 Å². The van der Waals surface area contributed by atoms with E-state index in [1.54, 1.807) is 12.1 Å². The lowest BCUT2D eigenvalue weighted by Gasteiger charge is -2.26. The number of hydrogen-bond acceptors (Lipinski definition) is 5. The standard InChI is InChI=1S/C14H20N2O3/c1-11-2-3-13(15)12(10-11)14(17)19-9-6-16-4-7-18-8-5-16/h2-3,10H,4-9,15H2,1H3. The van der Waals surface area contributed by atoms with E-state index >= 15 is 0 Å². The molecule has 2 rings (SSSR count). The van der Waals surface area contributed by atoms with Crippen molar-refractivity contribution in [3.05, 3.63) is 29.3 Å². The highest BCUT2D eigenvalue weighted by Gasteiger charge is 2.13. The van der Waals surface area contributed by atoms with Crippen molar-refractivity contribution in [1.29, 1.82) is 0 Å². The highest BCUT2D eigenvalue weighted by Crippen LogP contribution is 2.14. The minimum absolute atomic E-state index is 0.352. The highest BCUT2D eigenvalue weighted by molar-refractivity contribution is 5.95. The minimum Gasteiger partial charge on any atom is -0.461 e. The number of nitrogen functional groups attached to an aromatic ring is 1. The average molecular weight is 264 g/mol. The molecule has 5 nitrogen and oxygen atoms in total. The third kappa shape index (κ3) is 3.94. The van der Waals surface area contributed by atoms with E-state index in [-0.39, 0.29) is 5.97 Å². The number of aryl methyl sites for hydroxylation is 1. The molecule has 0 radical (unpaired) electrons. The normalized spacial score (nSPS) is 16.3. The molecule has 1 heterocycles. The Morgan fingerprint density at radius 2 is 2.16 bits per heavy atom. The number of rotatable bonds is 4. The molecule has 0 aliphatic carbocycles. The van der Waals surface area contributed by atoms with Crippen molar-refractivity contribution in [2.45, 2.75) is 6.92 Å².